The highest BCUT2D eigenvalue weighted by molar-refractivity contribution is 6.02. The number of fused-ring (bicyclic) bond motifs is 4. The number of hydrogen-bond acceptors (Lipinski definition) is 3. The second-order valence-electron chi connectivity index (χ2n) is 11.4. The first-order valence-corrected chi connectivity index (χ1v) is 9.92. The number of carbonyl (C=O) groups excluding carboxylic acids is 1. The van der Waals surface area contributed by atoms with Gasteiger partial charge in [0.25, 0.3) is 0 Å². The summed E-state index contributed by atoms with van der Waals surface area (Å²) >= 11 is 0. The molecule has 1 amide bonds. The smallest absolute Gasteiger partial charge is 0.230 e. The Morgan fingerprint density at radius 1 is 1.12 bits per heavy atom. The molecule has 0 radical (unpaired) electrons. The molecule has 3 saturated carbocycles. The maximum absolute atomic E-state index is 13.9. The van der Waals surface area contributed by atoms with Crippen molar-refractivity contribution in [2.24, 2.45) is 32.2 Å². The van der Waals surface area contributed by atoms with Crippen LogP contribution < -0.4 is 0 Å². The third kappa shape index (κ3) is 1.94. The lowest BCUT2D eigenvalue weighted by molar-refractivity contribution is -0.148. The second-order valence-corrected chi connectivity index (χ2v) is 11.4. The summed E-state index contributed by atoms with van der Waals surface area (Å²) in [5.74, 6) is 0.339. The summed E-state index contributed by atoms with van der Waals surface area (Å²) in [6.07, 6.45) is 5.98. The van der Waals surface area contributed by atoms with E-state index in [-0.39, 0.29) is 21.7 Å². The normalized spacial score (nSPS) is 48.3. The Hall–Kier alpha value is -1.06. The lowest BCUT2D eigenvalue weighted by Gasteiger charge is -2.43. The summed E-state index contributed by atoms with van der Waals surface area (Å²) in [6.45, 7) is 14.6. The zero-order chi connectivity index (χ0) is 18.5. The SMILES string of the molecule is CC1(C)CC2CC(C)(CN2C(=O)C23CCC(C)(/C(=N/O)C2)C3(C)C)C1. The van der Waals surface area contributed by atoms with Gasteiger partial charge in [0, 0.05) is 24.4 Å². The monoisotopic (exact) mass is 346 g/mol. The Morgan fingerprint density at radius 2 is 1.80 bits per heavy atom. The van der Waals surface area contributed by atoms with E-state index in [1.54, 1.807) is 0 Å². The second kappa shape index (κ2) is 4.61. The molecule has 25 heavy (non-hydrogen) atoms. The third-order valence-corrected chi connectivity index (χ3v) is 8.94. The fourth-order valence-electron chi connectivity index (χ4n) is 7.48. The molecule has 1 saturated heterocycles. The Balaban J connectivity index is 1.71. The van der Waals surface area contributed by atoms with E-state index in [0.29, 0.717) is 23.8 Å². The minimum Gasteiger partial charge on any atom is -0.411 e. The van der Waals surface area contributed by atoms with Crippen LogP contribution in [0.2, 0.25) is 0 Å². The topological polar surface area (TPSA) is 52.9 Å². The number of rotatable bonds is 1. The molecule has 0 aromatic heterocycles. The van der Waals surface area contributed by atoms with E-state index in [0.717, 1.165) is 37.9 Å². The lowest BCUT2D eigenvalue weighted by Crippen LogP contribution is -2.50. The molecule has 0 spiro atoms. The summed E-state index contributed by atoms with van der Waals surface area (Å²) in [4.78, 5) is 16.2. The number of nitrogens with zero attached hydrogens (tertiary/aromatic N) is 2. The number of hydrogen-bond donors (Lipinski definition) is 1. The van der Waals surface area contributed by atoms with Gasteiger partial charge in [-0.25, -0.2) is 0 Å². The van der Waals surface area contributed by atoms with Crippen LogP contribution in [0.1, 0.15) is 80.1 Å². The molecule has 1 heterocycles. The average Bonchev–Trinajstić information content (AvgIpc) is 2.93. The zero-order valence-corrected chi connectivity index (χ0v) is 16.8. The van der Waals surface area contributed by atoms with Gasteiger partial charge >= 0.3 is 0 Å². The molecule has 4 heteroatoms. The van der Waals surface area contributed by atoms with Gasteiger partial charge in [-0.15, -0.1) is 0 Å². The Labute approximate surface area is 152 Å². The highest BCUT2D eigenvalue weighted by atomic mass is 16.4. The fraction of sp³-hybridized carbons (Fsp3) is 0.905. The number of oxime groups is 1. The fourth-order valence-corrected chi connectivity index (χ4v) is 7.48. The number of amides is 1. The van der Waals surface area contributed by atoms with E-state index >= 15 is 0 Å². The summed E-state index contributed by atoms with van der Waals surface area (Å²) in [5, 5.41) is 13.2. The summed E-state index contributed by atoms with van der Waals surface area (Å²) in [6, 6.07) is 0.383. The molecule has 1 N–H and O–H groups in total. The minimum atomic E-state index is -0.388. The minimum absolute atomic E-state index is 0.157. The largest absolute Gasteiger partial charge is 0.411 e. The van der Waals surface area contributed by atoms with Gasteiger partial charge in [0.15, 0.2) is 0 Å². The predicted octanol–water partition coefficient (Wildman–Crippen LogP) is 4.46. The molecule has 4 unspecified atom stereocenters. The van der Waals surface area contributed by atoms with Gasteiger partial charge in [-0.05, 0) is 48.3 Å². The maximum Gasteiger partial charge on any atom is 0.230 e. The first-order chi connectivity index (χ1) is 11.4. The van der Waals surface area contributed by atoms with Crippen molar-refractivity contribution in [3.8, 4) is 0 Å². The van der Waals surface area contributed by atoms with E-state index in [2.05, 4.69) is 51.6 Å². The van der Waals surface area contributed by atoms with E-state index in [4.69, 9.17) is 0 Å². The third-order valence-electron chi connectivity index (χ3n) is 8.94. The van der Waals surface area contributed by atoms with Crippen molar-refractivity contribution < 1.29 is 10.0 Å². The Morgan fingerprint density at radius 3 is 2.40 bits per heavy atom. The molecule has 4 aliphatic rings. The van der Waals surface area contributed by atoms with Crippen molar-refractivity contribution in [2.75, 3.05) is 6.54 Å². The van der Waals surface area contributed by atoms with Gasteiger partial charge < -0.3 is 10.1 Å². The molecule has 4 fully saturated rings. The summed E-state index contributed by atoms with van der Waals surface area (Å²) in [7, 11) is 0. The van der Waals surface area contributed by atoms with Gasteiger partial charge in [-0.3, -0.25) is 4.79 Å². The first-order valence-electron chi connectivity index (χ1n) is 9.92. The number of carbonyl (C=O) groups is 1. The van der Waals surface area contributed by atoms with Crippen molar-refractivity contribution in [1.29, 1.82) is 0 Å². The first kappa shape index (κ1) is 17.4. The summed E-state index contributed by atoms with van der Waals surface area (Å²) in [5.41, 5.74) is 0.711. The summed E-state index contributed by atoms with van der Waals surface area (Å²) < 4.78 is 0. The molecule has 3 aliphatic carbocycles. The van der Waals surface area contributed by atoms with Gasteiger partial charge in [0.05, 0.1) is 11.1 Å². The van der Waals surface area contributed by atoms with Gasteiger partial charge in [-0.1, -0.05) is 46.7 Å². The zero-order valence-electron chi connectivity index (χ0n) is 16.8. The maximum atomic E-state index is 13.9. The molecule has 4 nitrogen and oxygen atoms in total. The van der Waals surface area contributed by atoms with Gasteiger partial charge in [-0.2, -0.15) is 0 Å². The van der Waals surface area contributed by atoms with Crippen molar-refractivity contribution in [2.45, 2.75) is 86.1 Å². The van der Waals surface area contributed by atoms with Crippen LogP contribution in [-0.2, 0) is 4.79 Å². The van der Waals surface area contributed by atoms with E-state index in [1.165, 1.54) is 6.42 Å². The van der Waals surface area contributed by atoms with Crippen LogP contribution >= 0.6 is 0 Å². The van der Waals surface area contributed by atoms with Crippen LogP contribution in [0.4, 0.5) is 0 Å². The molecule has 4 rings (SSSR count). The van der Waals surface area contributed by atoms with Crippen molar-refractivity contribution in [3.05, 3.63) is 0 Å². The van der Waals surface area contributed by atoms with Crippen LogP contribution in [0.25, 0.3) is 0 Å². The van der Waals surface area contributed by atoms with E-state index < -0.39 is 0 Å². The molecule has 0 aromatic carbocycles. The van der Waals surface area contributed by atoms with Crippen molar-refractivity contribution in [1.82, 2.24) is 4.90 Å². The Kier molecular flexibility index (Phi) is 3.20. The highest BCUT2D eigenvalue weighted by Crippen LogP contribution is 2.72. The standard InChI is InChI=1S/C21H34N2O2/c1-17(2)9-14-10-19(5,12-17)13-23(14)16(24)21-8-7-20(6,18(21,3)4)15(11-21)22-25/h14,25H,7-13H2,1-6H3/b22-15+. The lowest BCUT2D eigenvalue weighted by atomic mass is 9.64. The number of likely N-dealkylation sites (tertiary alicyclic amines) is 1. The molecule has 140 valence electrons. The van der Waals surface area contributed by atoms with Gasteiger partial charge in [0.2, 0.25) is 5.91 Å². The highest BCUT2D eigenvalue weighted by Gasteiger charge is 2.73. The molecule has 4 atom stereocenters. The van der Waals surface area contributed by atoms with Crippen molar-refractivity contribution >= 4 is 11.6 Å². The van der Waals surface area contributed by atoms with Crippen molar-refractivity contribution in [3.63, 3.8) is 0 Å². The molecule has 0 aromatic rings. The molecule has 1 aliphatic heterocycles. The average molecular weight is 347 g/mol. The molecule has 4 bridgehead atoms. The van der Waals surface area contributed by atoms with Crippen LogP contribution in [0.15, 0.2) is 5.16 Å². The van der Waals surface area contributed by atoms with E-state index in [1.807, 2.05) is 0 Å². The molecular formula is C21H34N2O2. The quantitative estimate of drug-likeness (QED) is 0.563. The van der Waals surface area contributed by atoms with Gasteiger partial charge in [0.1, 0.15) is 0 Å². The molecular weight excluding hydrogens is 312 g/mol. The van der Waals surface area contributed by atoms with Crippen LogP contribution in [0.3, 0.4) is 0 Å². The Bertz CT molecular complexity index is 667. The van der Waals surface area contributed by atoms with Crippen LogP contribution in [-0.4, -0.2) is 34.3 Å². The van der Waals surface area contributed by atoms with Crippen LogP contribution in [0, 0.1) is 27.1 Å². The van der Waals surface area contributed by atoms with E-state index in [9.17, 15) is 10.0 Å². The predicted molar refractivity (Wildman–Crippen MR) is 98.6 cm³/mol. The van der Waals surface area contributed by atoms with Crippen LogP contribution in [0.5, 0.6) is 0 Å².